The van der Waals surface area contributed by atoms with Gasteiger partial charge in [0.15, 0.2) is 0 Å². The number of rotatable bonds is 5. The Bertz CT molecular complexity index is 449. The molecule has 1 fully saturated rings. The molecule has 4 nitrogen and oxygen atoms in total. The Morgan fingerprint density at radius 2 is 2.05 bits per heavy atom. The van der Waals surface area contributed by atoms with Crippen molar-refractivity contribution >= 4 is 5.97 Å². The zero-order valence-electron chi connectivity index (χ0n) is 13.3. The van der Waals surface area contributed by atoms with Gasteiger partial charge in [-0.25, -0.2) is 0 Å². The van der Waals surface area contributed by atoms with Crippen LogP contribution in [0.25, 0.3) is 0 Å². The molecular weight excluding hydrogens is 264 g/mol. The van der Waals surface area contributed by atoms with E-state index >= 15 is 0 Å². The molecule has 0 spiro atoms. The summed E-state index contributed by atoms with van der Waals surface area (Å²) in [6.07, 6.45) is 0. The second kappa shape index (κ2) is 7.57. The van der Waals surface area contributed by atoms with Gasteiger partial charge < -0.3 is 9.64 Å². The van der Waals surface area contributed by atoms with E-state index in [4.69, 9.17) is 4.74 Å². The van der Waals surface area contributed by atoms with E-state index < -0.39 is 0 Å². The van der Waals surface area contributed by atoms with Gasteiger partial charge in [-0.3, -0.25) is 9.69 Å². The van der Waals surface area contributed by atoms with Gasteiger partial charge in [0.1, 0.15) is 6.61 Å². The molecule has 2 rings (SSSR count). The first kappa shape index (κ1) is 16.0. The fraction of sp³-hybridized carbons (Fsp3) is 0.588. The first-order chi connectivity index (χ1) is 10.1. The van der Waals surface area contributed by atoms with Gasteiger partial charge in [-0.1, -0.05) is 37.3 Å². The second-order valence-corrected chi connectivity index (χ2v) is 6.08. The van der Waals surface area contributed by atoms with Crippen molar-refractivity contribution in [1.82, 2.24) is 9.80 Å². The Balaban J connectivity index is 1.75. The molecule has 0 bridgehead atoms. The van der Waals surface area contributed by atoms with Crippen molar-refractivity contribution in [3.63, 3.8) is 0 Å². The van der Waals surface area contributed by atoms with Crippen LogP contribution in [-0.2, 0) is 16.1 Å². The highest BCUT2D eigenvalue weighted by Gasteiger charge is 2.24. The maximum absolute atomic E-state index is 12.1. The predicted octanol–water partition coefficient (Wildman–Crippen LogP) is 2.00. The molecule has 1 aliphatic heterocycles. The molecule has 116 valence electrons. The van der Waals surface area contributed by atoms with E-state index in [1.165, 1.54) is 0 Å². The highest BCUT2D eigenvalue weighted by molar-refractivity contribution is 5.72. The van der Waals surface area contributed by atoms with Crippen molar-refractivity contribution in [3.8, 4) is 0 Å². The standard InChI is InChI=1S/C17H26N2O2/c1-14(11-19-10-9-18(3)15(2)12-19)17(20)21-13-16-7-5-4-6-8-16/h4-8,14-15H,9-13H2,1-3H3. The van der Waals surface area contributed by atoms with Crippen LogP contribution in [-0.4, -0.2) is 55.0 Å². The largest absolute Gasteiger partial charge is 0.461 e. The monoisotopic (exact) mass is 290 g/mol. The first-order valence-corrected chi connectivity index (χ1v) is 7.69. The fourth-order valence-electron chi connectivity index (χ4n) is 2.62. The lowest BCUT2D eigenvalue weighted by Crippen LogP contribution is -2.51. The third-order valence-corrected chi connectivity index (χ3v) is 4.20. The molecular formula is C17H26N2O2. The molecule has 1 aliphatic rings. The van der Waals surface area contributed by atoms with Crippen LogP contribution in [0.5, 0.6) is 0 Å². The molecule has 1 aromatic rings. The topological polar surface area (TPSA) is 32.8 Å². The van der Waals surface area contributed by atoms with Crippen LogP contribution < -0.4 is 0 Å². The lowest BCUT2D eigenvalue weighted by atomic mass is 10.1. The summed E-state index contributed by atoms with van der Waals surface area (Å²) in [5.41, 5.74) is 1.03. The summed E-state index contributed by atoms with van der Waals surface area (Å²) in [5.74, 6) is -0.185. The molecule has 2 atom stereocenters. The Morgan fingerprint density at radius 1 is 1.33 bits per heavy atom. The lowest BCUT2D eigenvalue weighted by molar-refractivity contribution is -0.150. The normalized spacial score (nSPS) is 22.0. The number of hydrogen-bond donors (Lipinski definition) is 0. The van der Waals surface area contributed by atoms with Crippen LogP contribution in [0, 0.1) is 5.92 Å². The molecule has 2 unspecified atom stereocenters. The van der Waals surface area contributed by atoms with Crippen molar-refractivity contribution in [1.29, 1.82) is 0 Å². The van der Waals surface area contributed by atoms with Gasteiger partial charge in [0.05, 0.1) is 5.92 Å². The van der Waals surface area contributed by atoms with Gasteiger partial charge >= 0.3 is 5.97 Å². The second-order valence-electron chi connectivity index (χ2n) is 6.08. The minimum atomic E-state index is -0.106. The number of likely N-dealkylation sites (N-methyl/N-ethyl adjacent to an activating group) is 1. The summed E-state index contributed by atoms with van der Waals surface area (Å²) in [4.78, 5) is 16.8. The number of ether oxygens (including phenoxy) is 1. The molecule has 0 radical (unpaired) electrons. The number of hydrogen-bond acceptors (Lipinski definition) is 4. The molecule has 1 saturated heterocycles. The number of carbonyl (C=O) groups excluding carboxylic acids is 1. The summed E-state index contributed by atoms with van der Waals surface area (Å²) in [5, 5.41) is 0. The molecule has 4 heteroatoms. The van der Waals surface area contributed by atoms with Gasteiger partial charge in [-0.15, -0.1) is 0 Å². The maximum atomic E-state index is 12.1. The van der Waals surface area contributed by atoms with Gasteiger partial charge in [-0.05, 0) is 19.5 Å². The van der Waals surface area contributed by atoms with Gasteiger partial charge in [0.2, 0.25) is 0 Å². The van der Waals surface area contributed by atoms with Crippen molar-refractivity contribution in [3.05, 3.63) is 35.9 Å². The van der Waals surface area contributed by atoms with E-state index in [0.717, 1.165) is 31.7 Å². The average Bonchev–Trinajstić information content (AvgIpc) is 2.49. The van der Waals surface area contributed by atoms with Gasteiger partial charge in [-0.2, -0.15) is 0 Å². The first-order valence-electron chi connectivity index (χ1n) is 7.69. The number of benzene rings is 1. The summed E-state index contributed by atoms with van der Waals surface area (Å²) < 4.78 is 5.40. The van der Waals surface area contributed by atoms with Gasteiger partial charge in [0, 0.05) is 32.2 Å². The average molecular weight is 290 g/mol. The zero-order chi connectivity index (χ0) is 15.2. The summed E-state index contributed by atoms with van der Waals surface area (Å²) >= 11 is 0. The third kappa shape index (κ3) is 4.83. The van der Waals surface area contributed by atoms with E-state index in [9.17, 15) is 4.79 Å². The van der Waals surface area contributed by atoms with E-state index in [1.807, 2.05) is 37.3 Å². The highest BCUT2D eigenvalue weighted by Crippen LogP contribution is 2.11. The predicted molar refractivity (Wildman–Crippen MR) is 83.9 cm³/mol. The Kier molecular flexibility index (Phi) is 5.76. The van der Waals surface area contributed by atoms with Crippen LogP contribution in [0.15, 0.2) is 30.3 Å². The van der Waals surface area contributed by atoms with Crippen LogP contribution in [0.3, 0.4) is 0 Å². The zero-order valence-corrected chi connectivity index (χ0v) is 13.3. The minimum Gasteiger partial charge on any atom is -0.461 e. The molecule has 0 amide bonds. The van der Waals surface area contributed by atoms with Crippen LogP contribution in [0.4, 0.5) is 0 Å². The number of nitrogens with zero attached hydrogens (tertiary/aromatic N) is 2. The minimum absolute atomic E-state index is 0.0793. The Hall–Kier alpha value is -1.39. The molecule has 21 heavy (non-hydrogen) atoms. The molecule has 1 aromatic carbocycles. The van der Waals surface area contributed by atoms with E-state index in [-0.39, 0.29) is 11.9 Å². The number of piperazine rings is 1. The van der Waals surface area contributed by atoms with Crippen molar-refractivity contribution in [2.75, 3.05) is 33.2 Å². The summed E-state index contributed by atoms with van der Waals surface area (Å²) in [7, 11) is 2.15. The lowest BCUT2D eigenvalue weighted by Gasteiger charge is -2.38. The van der Waals surface area contributed by atoms with E-state index in [0.29, 0.717) is 12.6 Å². The van der Waals surface area contributed by atoms with E-state index in [1.54, 1.807) is 0 Å². The molecule has 0 N–H and O–H groups in total. The van der Waals surface area contributed by atoms with Crippen LogP contribution in [0.1, 0.15) is 19.4 Å². The highest BCUT2D eigenvalue weighted by atomic mass is 16.5. The molecule has 0 aliphatic carbocycles. The number of esters is 1. The third-order valence-electron chi connectivity index (χ3n) is 4.20. The Labute approximate surface area is 127 Å². The van der Waals surface area contributed by atoms with Crippen LogP contribution in [0.2, 0.25) is 0 Å². The van der Waals surface area contributed by atoms with Gasteiger partial charge in [0.25, 0.3) is 0 Å². The molecule has 0 saturated carbocycles. The molecule has 0 aromatic heterocycles. The quantitative estimate of drug-likeness (QED) is 0.777. The van der Waals surface area contributed by atoms with E-state index in [2.05, 4.69) is 23.8 Å². The van der Waals surface area contributed by atoms with Crippen LogP contribution >= 0.6 is 0 Å². The Morgan fingerprint density at radius 3 is 2.71 bits per heavy atom. The SMILES string of the molecule is CC(CN1CCN(C)C(C)C1)C(=O)OCc1ccccc1. The van der Waals surface area contributed by atoms with Crippen molar-refractivity contribution < 1.29 is 9.53 Å². The maximum Gasteiger partial charge on any atom is 0.310 e. The summed E-state index contributed by atoms with van der Waals surface area (Å²) in [6, 6.07) is 10.4. The van der Waals surface area contributed by atoms with Crippen molar-refractivity contribution in [2.45, 2.75) is 26.5 Å². The summed E-state index contributed by atoms with van der Waals surface area (Å²) in [6.45, 7) is 8.44. The molecule has 1 heterocycles. The fourth-order valence-corrected chi connectivity index (χ4v) is 2.62. The smallest absolute Gasteiger partial charge is 0.310 e. The number of carbonyl (C=O) groups is 1. The van der Waals surface area contributed by atoms with Crippen molar-refractivity contribution in [2.24, 2.45) is 5.92 Å².